The number of alkyl carbamates (subject to hydrolysis) is 1. The van der Waals surface area contributed by atoms with Gasteiger partial charge in [-0.25, -0.2) is 9.59 Å². The summed E-state index contributed by atoms with van der Waals surface area (Å²) in [5.74, 6) is -2.82. The van der Waals surface area contributed by atoms with Crippen LogP contribution in [0.3, 0.4) is 0 Å². The van der Waals surface area contributed by atoms with Crippen LogP contribution in [0.15, 0.2) is 12.1 Å². The number of hydrogen-bond donors (Lipinski definition) is 5. The van der Waals surface area contributed by atoms with Crippen molar-refractivity contribution in [3.05, 3.63) is 12.1 Å². The van der Waals surface area contributed by atoms with E-state index in [0.29, 0.717) is 0 Å². The fraction of sp³-hybridized carbons (Fsp3) is 0.615. The molecule has 0 unspecified atom stereocenters. The summed E-state index contributed by atoms with van der Waals surface area (Å²) in [5.41, 5.74) is -0.820. The Morgan fingerprint density at radius 2 is 1.74 bits per heavy atom. The highest BCUT2D eigenvalue weighted by atomic mass is 16.6. The largest absolute Gasteiger partial charge is 0.481 e. The summed E-state index contributed by atoms with van der Waals surface area (Å²) in [4.78, 5) is 33.9. The first-order valence-electron chi connectivity index (χ1n) is 6.90. The zero-order valence-electron chi connectivity index (χ0n) is 13.2. The van der Waals surface area contributed by atoms with Crippen LogP contribution in [0.25, 0.3) is 0 Å². The van der Waals surface area contributed by atoms with Crippen molar-refractivity contribution in [2.75, 3.05) is 0 Å². The predicted octanol–water partition coefficient (Wildman–Crippen LogP) is 0.0135. The number of carboxylic acid groups (broad SMARTS) is 2. The van der Waals surface area contributed by atoms with Crippen LogP contribution < -0.4 is 5.32 Å². The molecule has 130 valence electrons. The van der Waals surface area contributed by atoms with Gasteiger partial charge in [0.2, 0.25) is 0 Å². The van der Waals surface area contributed by atoms with E-state index >= 15 is 0 Å². The van der Waals surface area contributed by atoms with E-state index in [2.05, 4.69) is 5.32 Å². The number of ether oxygens (including phenoxy) is 1. The van der Waals surface area contributed by atoms with Crippen molar-refractivity contribution in [1.82, 2.24) is 5.32 Å². The summed E-state index contributed by atoms with van der Waals surface area (Å²) in [5, 5.41) is 37.6. The second-order valence-corrected chi connectivity index (χ2v) is 5.89. The Balaban J connectivity index is 4.84. The standard InChI is InChI=1S/C13H22BNO8/c1-13(2,3)23-12(20)15-9(11(18)19)7-8(10(16)17)5-4-6-14(21)22/h4,6,8-9,21-22H,5,7H2,1-3H3,(H,15,20)(H,16,17)(H,18,19)/t8-,9-/m0/s1. The molecule has 1 amide bonds. The second kappa shape index (κ2) is 9.16. The molecule has 2 atom stereocenters. The molecule has 0 heterocycles. The third-order valence-electron chi connectivity index (χ3n) is 2.59. The highest BCUT2D eigenvalue weighted by Gasteiger charge is 2.29. The molecule has 0 spiro atoms. The Morgan fingerprint density at radius 1 is 1.17 bits per heavy atom. The lowest BCUT2D eigenvalue weighted by atomic mass is 9.89. The molecule has 23 heavy (non-hydrogen) atoms. The minimum atomic E-state index is -1.72. The molecule has 10 heteroatoms. The van der Waals surface area contributed by atoms with E-state index in [1.54, 1.807) is 20.8 Å². The molecule has 5 N–H and O–H groups in total. The Morgan fingerprint density at radius 3 is 2.13 bits per heavy atom. The van der Waals surface area contributed by atoms with Crippen LogP contribution in [0.5, 0.6) is 0 Å². The van der Waals surface area contributed by atoms with Crippen LogP contribution in [-0.4, -0.2) is 57.1 Å². The van der Waals surface area contributed by atoms with Gasteiger partial charge in [-0.15, -0.1) is 0 Å². The van der Waals surface area contributed by atoms with Gasteiger partial charge in [0.05, 0.1) is 5.92 Å². The van der Waals surface area contributed by atoms with E-state index in [-0.39, 0.29) is 12.8 Å². The molecule has 9 nitrogen and oxygen atoms in total. The number of allylic oxidation sites excluding steroid dienone is 1. The maximum atomic E-state index is 11.6. The third kappa shape index (κ3) is 10.3. The van der Waals surface area contributed by atoms with E-state index in [0.717, 1.165) is 5.98 Å². The minimum Gasteiger partial charge on any atom is -0.481 e. The molecule has 0 aliphatic rings. The number of aliphatic carboxylic acids is 2. The number of hydrogen-bond acceptors (Lipinski definition) is 6. The fourth-order valence-corrected chi connectivity index (χ4v) is 1.62. The molecule has 0 aliphatic carbocycles. The maximum Gasteiger partial charge on any atom is 0.480 e. The molecule has 0 aromatic rings. The predicted molar refractivity (Wildman–Crippen MR) is 80.5 cm³/mol. The molecule has 0 rings (SSSR count). The quantitative estimate of drug-likeness (QED) is 0.390. The Bertz CT molecular complexity index is 457. The van der Waals surface area contributed by atoms with Gasteiger partial charge in [0.25, 0.3) is 0 Å². The first-order valence-corrected chi connectivity index (χ1v) is 6.90. The van der Waals surface area contributed by atoms with E-state index in [1.807, 2.05) is 0 Å². The minimum absolute atomic E-state index is 0.118. The van der Waals surface area contributed by atoms with Gasteiger partial charge in [0.1, 0.15) is 11.6 Å². The van der Waals surface area contributed by atoms with Crippen LogP contribution in [0, 0.1) is 5.92 Å². The first-order chi connectivity index (χ1) is 10.4. The molecule has 0 aromatic carbocycles. The topological polar surface area (TPSA) is 153 Å². The van der Waals surface area contributed by atoms with Gasteiger partial charge in [-0.3, -0.25) is 4.79 Å². The van der Waals surface area contributed by atoms with Gasteiger partial charge >= 0.3 is 25.2 Å². The van der Waals surface area contributed by atoms with Gasteiger partial charge in [-0.05, 0) is 33.6 Å². The lowest BCUT2D eigenvalue weighted by molar-refractivity contribution is -0.144. The molecule has 0 aliphatic heterocycles. The molecular formula is C13H22BNO8. The van der Waals surface area contributed by atoms with E-state index in [4.69, 9.17) is 25.0 Å². The van der Waals surface area contributed by atoms with Crippen LogP contribution in [0.2, 0.25) is 0 Å². The maximum absolute atomic E-state index is 11.6. The average molecular weight is 331 g/mol. The Hall–Kier alpha value is -2.07. The van der Waals surface area contributed by atoms with Gasteiger partial charge in [-0.1, -0.05) is 12.1 Å². The van der Waals surface area contributed by atoms with Crippen molar-refractivity contribution in [3.8, 4) is 0 Å². The highest BCUT2D eigenvalue weighted by Crippen LogP contribution is 2.14. The summed E-state index contributed by atoms with van der Waals surface area (Å²) < 4.78 is 4.93. The average Bonchev–Trinajstić information content (AvgIpc) is 2.33. The zero-order chi connectivity index (χ0) is 18.2. The van der Waals surface area contributed by atoms with Crippen LogP contribution in [0.4, 0.5) is 4.79 Å². The zero-order valence-corrected chi connectivity index (χ0v) is 13.2. The normalized spacial score (nSPS) is 14.1. The molecule has 0 saturated carbocycles. The van der Waals surface area contributed by atoms with Gasteiger partial charge in [0, 0.05) is 0 Å². The van der Waals surface area contributed by atoms with Crippen LogP contribution >= 0.6 is 0 Å². The first kappa shape index (κ1) is 20.9. The van der Waals surface area contributed by atoms with Crippen LogP contribution in [0.1, 0.15) is 33.6 Å². The molecule has 0 saturated heterocycles. The van der Waals surface area contributed by atoms with E-state index in [9.17, 15) is 14.4 Å². The number of carbonyl (C=O) groups excluding carboxylic acids is 1. The number of carbonyl (C=O) groups is 3. The molecule has 0 fully saturated rings. The van der Waals surface area contributed by atoms with Gasteiger partial charge < -0.3 is 30.3 Å². The summed E-state index contributed by atoms with van der Waals surface area (Å²) in [6.45, 7) is 4.81. The molecule has 0 aromatic heterocycles. The molecule has 0 bridgehead atoms. The van der Waals surface area contributed by atoms with Crippen LogP contribution in [-0.2, 0) is 14.3 Å². The van der Waals surface area contributed by atoms with E-state index in [1.165, 1.54) is 6.08 Å². The number of carboxylic acids is 2. The second-order valence-electron chi connectivity index (χ2n) is 5.89. The smallest absolute Gasteiger partial charge is 0.480 e. The fourth-order valence-electron chi connectivity index (χ4n) is 1.62. The molecular weight excluding hydrogens is 309 g/mol. The summed E-state index contributed by atoms with van der Waals surface area (Å²) in [7, 11) is -1.72. The lowest BCUT2D eigenvalue weighted by Gasteiger charge is -2.23. The summed E-state index contributed by atoms with van der Waals surface area (Å²) in [6, 6.07) is -1.45. The number of nitrogens with one attached hydrogen (secondary N) is 1. The third-order valence-corrected chi connectivity index (χ3v) is 2.59. The van der Waals surface area contributed by atoms with Crippen molar-refractivity contribution in [3.63, 3.8) is 0 Å². The summed E-state index contributed by atoms with van der Waals surface area (Å²) >= 11 is 0. The van der Waals surface area contributed by atoms with Gasteiger partial charge in [-0.2, -0.15) is 0 Å². The number of rotatable bonds is 8. The monoisotopic (exact) mass is 331 g/mol. The molecule has 0 radical (unpaired) electrons. The number of amides is 1. The summed E-state index contributed by atoms with van der Waals surface area (Å²) in [6.07, 6.45) is -0.242. The Kier molecular flexibility index (Phi) is 8.34. The van der Waals surface area contributed by atoms with Crippen molar-refractivity contribution in [1.29, 1.82) is 0 Å². The van der Waals surface area contributed by atoms with Crippen molar-refractivity contribution in [2.24, 2.45) is 5.92 Å². The van der Waals surface area contributed by atoms with Crippen molar-refractivity contribution < 1.29 is 39.4 Å². The van der Waals surface area contributed by atoms with Gasteiger partial charge in [0.15, 0.2) is 0 Å². The Labute approximate surface area is 134 Å². The highest BCUT2D eigenvalue weighted by molar-refractivity contribution is 6.47. The lowest BCUT2D eigenvalue weighted by Crippen LogP contribution is -2.45. The van der Waals surface area contributed by atoms with Crippen molar-refractivity contribution >= 4 is 25.2 Å². The SMILES string of the molecule is CC(C)(C)OC(=O)N[C@@H](C[C@H](CC=CB(O)O)C(=O)O)C(=O)O. The van der Waals surface area contributed by atoms with Crippen molar-refractivity contribution in [2.45, 2.75) is 45.3 Å². The van der Waals surface area contributed by atoms with E-state index < -0.39 is 42.7 Å².